The average Bonchev–Trinajstić information content (AvgIpc) is 2.49. The van der Waals surface area contributed by atoms with Gasteiger partial charge in [0.05, 0.1) is 0 Å². The molecule has 0 aliphatic carbocycles. The second-order valence-corrected chi connectivity index (χ2v) is 4.67. The van der Waals surface area contributed by atoms with Crippen molar-refractivity contribution < 1.29 is 19.4 Å². The molecule has 0 aliphatic heterocycles. The minimum atomic E-state index is -1.17. The topological polar surface area (TPSA) is 63.6 Å². The van der Waals surface area contributed by atoms with Crippen molar-refractivity contribution in [2.45, 2.75) is 18.9 Å². The van der Waals surface area contributed by atoms with Crippen molar-refractivity contribution in [3.05, 3.63) is 71.8 Å². The molecule has 0 aromatic heterocycles. The first-order chi connectivity index (χ1) is 10.1. The zero-order chi connectivity index (χ0) is 15.2. The summed E-state index contributed by atoms with van der Waals surface area (Å²) in [6.45, 7) is 1.34. The number of hydrogen-bond acceptors (Lipinski definition) is 3. The summed E-state index contributed by atoms with van der Waals surface area (Å²) in [5.74, 6) is -2.36. The molecule has 2 aromatic rings. The van der Waals surface area contributed by atoms with Gasteiger partial charge < -0.3 is 9.84 Å². The molecule has 1 N–H and O–H groups in total. The van der Waals surface area contributed by atoms with E-state index in [-0.39, 0.29) is 0 Å². The molecule has 4 nitrogen and oxygen atoms in total. The number of esters is 1. The van der Waals surface area contributed by atoms with E-state index in [0.717, 1.165) is 11.1 Å². The molecule has 0 saturated carbocycles. The average molecular weight is 284 g/mol. The monoisotopic (exact) mass is 284 g/mol. The van der Waals surface area contributed by atoms with Gasteiger partial charge in [-0.05, 0) is 18.1 Å². The fraction of sp³-hybridized carbons (Fsp3) is 0.176. The molecule has 21 heavy (non-hydrogen) atoms. The Kier molecular flexibility index (Phi) is 4.72. The van der Waals surface area contributed by atoms with Gasteiger partial charge in [-0.1, -0.05) is 60.7 Å². The van der Waals surface area contributed by atoms with E-state index in [1.165, 1.54) is 6.92 Å². The first kappa shape index (κ1) is 14.8. The number of rotatable bonds is 5. The van der Waals surface area contributed by atoms with Gasteiger partial charge in [0, 0.05) is 0 Å². The van der Waals surface area contributed by atoms with Gasteiger partial charge in [-0.2, -0.15) is 0 Å². The number of carboxylic acid groups (broad SMARTS) is 1. The Morgan fingerprint density at radius 3 is 1.71 bits per heavy atom. The first-order valence-electron chi connectivity index (χ1n) is 6.63. The Hall–Kier alpha value is -2.62. The summed E-state index contributed by atoms with van der Waals surface area (Å²) in [5.41, 5.74) is 1.54. The molecule has 0 spiro atoms. The molecule has 108 valence electrons. The standard InChI is InChI=1S/C17H16O4/c1-12(16(18)19)21-17(20)15(13-8-4-2-5-9-13)14-10-6-3-7-11-14/h2-12,15H,1H3,(H,18,19). The number of benzene rings is 2. The van der Waals surface area contributed by atoms with Crippen LogP contribution in [0.5, 0.6) is 0 Å². The van der Waals surface area contributed by atoms with Crippen LogP contribution >= 0.6 is 0 Å². The van der Waals surface area contributed by atoms with Gasteiger partial charge in [0.2, 0.25) is 0 Å². The number of aliphatic carboxylic acids is 1. The van der Waals surface area contributed by atoms with Crippen molar-refractivity contribution in [3.8, 4) is 0 Å². The number of carbonyl (C=O) groups is 2. The molecule has 0 heterocycles. The lowest BCUT2D eigenvalue weighted by molar-refractivity contribution is -0.163. The molecule has 2 rings (SSSR count). The molecule has 4 heteroatoms. The third-order valence-electron chi connectivity index (χ3n) is 3.14. The third kappa shape index (κ3) is 3.69. The fourth-order valence-corrected chi connectivity index (χ4v) is 2.05. The molecule has 0 radical (unpaired) electrons. The van der Waals surface area contributed by atoms with Crippen molar-refractivity contribution >= 4 is 11.9 Å². The van der Waals surface area contributed by atoms with E-state index in [0.29, 0.717) is 0 Å². The highest BCUT2D eigenvalue weighted by molar-refractivity contribution is 5.85. The van der Waals surface area contributed by atoms with Gasteiger partial charge in [-0.25, -0.2) is 4.79 Å². The molecule has 0 amide bonds. The molecular weight excluding hydrogens is 268 g/mol. The lowest BCUT2D eigenvalue weighted by atomic mass is 9.91. The Bertz CT molecular complexity index is 568. The van der Waals surface area contributed by atoms with Crippen LogP contribution in [0.25, 0.3) is 0 Å². The van der Waals surface area contributed by atoms with Gasteiger partial charge in [0.15, 0.2) is 6.10 Å². The number of carboxylic acids is 1. The minimum Gasteiger partial charge on any atom is -0.479 e. The third-order valence-corrected chi connectivity index (χ3v) is 3.14. The van der Waals surface area contributed by atoms with Crippen molar-refractivity contribution in [2.24, 2.45) is 0 Å². The smallest absolute Gasteiger partial charge is 0.344 e. The lowest BCUT2D eigenvalue weighted by Gasteiger charge is -2.18. The Labute approximate surface area is 123 Å². The van der Waals surface area contributed by atoms with Crippen LogP contribution in [0.4, 0.5) is 0 Å². The van der Waals surface area contributed by atoms with Crippen molar-refractivity contribution in [1.82, 2.24) is 0 Å². The normalized spacial score (nSPS) is 11.9. The summed E-state index contributed by atoms with van der Waals surface area (Å²) in [7, 11) is 0. The molecule has 0 fully saturated rings. The van der Waals surface area contributed by atoms with Crippen molar-refractivity contribution in [1.29, 1.82) is 0 Å². The predicted molar refractivity (Wildman–Crippen MR) is 77.9 cm³/mol. The van der Waals surface area contributed by atoms with Gasteiger partial charge in [-0.15, -0.1) is 0 Å². The Balaban J connectivity index is 2.33. The minimum absolute atomic E-state index is 0.567. The second kappa shape index (κ2) is 6.70. The molecule has 0 bridgehead atoms. The summed E-state index contributed by atoms with van der Waals surface area (Å²) in [6, 6.07) is 18.3. The van der Waals surface area contributed by atoms with Crippen molar-refractivity contribution in [2.75, 3.05) is 0 Å². The van der Waals surface area contributed by atoms with Gasteiger partial charge in [0.25, 0.3) is 0 Å². The zero-order valence-electron chi connectivity index (χ0n) is 11.6. The molecule has 2 aromatic carbocycles. The van der Waals surface area contributed by atoms with Crippen LogP contribution in [0.3, 0.4) is 0 Å². The molecule has 0 aliphatic rings. The van der Waals surface area contributed by atoms with E-state index in [1.807, 2.05) is 60.7 Å². The fourth-order valence-electron chi connectivity index (χ4n) is 2.05. The Morgan fingerprint density at radius 2 is 1.33 bits per heavy atom. The number of hydrogen-bond donors (Lipinski definition) is 1. The quantitative estimate of drug-likeness (QED) is 0.857. The van der Waals surface area contributed by atoms with Crippen LogP contribution in [0.15, 0.2) is 60.7 Å². The van der Waals surface area contributed by atoms with Crippen LogP contribution in [-0.2, 0) is 14.3 Å². The van der Waals surface area contributed by atoms with E-state index >= 15 is 0 Å². The maximum Gasteiger partial charge on any atom is 0.344 e. The summed E-state index contributed by atoms with van der Waals surface area (Å²) >= 11 is 0. The number of carbonyl (C=O) groups excluding carboxylic acids is 1. The summed E-state index contributed by atoms with van der Waals surface area (Å²) in [6.07, 6.45) is -1.17. The van der Waals surface area contributed by atoms with E-state index in [4.69, 9.17) is 9.84 Å². The summed E-state index contributed by atoms with van der Waals surface area (Å²) in [5, 5.41) is 8.88. The first-order valence-corrected chi connectivity index (χ1v) is 6.63. The predicted octanol–water partition coefficient (Wildman–Crippen LogP) is 2.83. The summed E-state index contributed by atoms with van der Waals surface area (Å²) < 4.78 is 5.04. The van der Waals surface area contributed by atoms with Crippen LogP contribution in [0.2, 0.25) is 0 Å². The van der Waals surface area contributed by atoms with Crippen LogP contribution in [-0.4, -0.2) is 23.1 Å². The molecule has 1 atom stereocenters. The highest BCUT2D eigenvalue weighted by Crippen LogP contribution is 2.26. The van der Waals surface area contributed by atoms with Gasteiger partial charge in [-0.3, -0.25) is 4.79 Å². The van der Waals surface area contributed by atoms with Gasteiger partial charge in [0.1, 0.15) is 5.92 Å². The molecule has 1 unspecified atom stereocenters. The van der Waals surface area contributed by atoms with Crippen molar-refractivity contribution in [3.63, 3.8) is 0 Å². The van der Waals surface area contributed by atoms with E-state index in [2.05, 4.69) is 0 Å². The SMILES string of the molecule is CC(OC(=O)C(c1ccccc1)c1ccccc1)C(=O)O. The van der Waals surface area contributed by atoms with E-state index in [1.54, 1.807) is 0 Å². The second-order valence-electron chi connectivity index (χ2n) is 4.67. The Morgan fingerprint density at radius 1 is 0.905 bits per heavy atom. The summed E-state index contributed by atoms with van der Waals surface area (Å²) in [4.78, 5) is 23.2. The molecule has 0 saturated heterocycles. The van der Waals surface area contributed by atoms with E-state index < -0.39 is 24.0 Å². The highest BCUT2D eigenvalue weighted by Gasteiger charge is 2.27. The van der Waals surface area contributed by atoms with Crippen LogP contribution in [0.1, 0.15) is 24.0 Å². The van der Waals surface area contributed by atoms with Crippen LogP contribution < -0.4 is 0 Å². The largest absolute Gasteiger partial charge is 0.479 e. The zero-order valence-corrected chi connectivity index (χ0v) is 11.6. The van der Waals surface area contributed by atoms with E-state index in [9.17, 15) is 9.59 Å². The maximum absolute atomic E-state index is 12.4. The lowest BCUT2D eigenvalue weighted by Crippen LogP contribution is -2.27. The molecular formula is C17H16O4. The number of ether oxygens (including phenoxy) is 1. The van der Waals surface area contributed by atoms with Crippen LogP contribution in [0, 0.1) is 0 Å². The van der Waals surface area contributed by atoms with Gasteiger partial charge >= 0.3 is 11.9 Å². The maximum atomic E-state index is 12.4. The highest BCUT2D eigenvalue weighted by atomic mass is 16.6.